The number of carbonyl (C=O) groups excluding carboxylic acids is 5. The number of fused-ring (bicyclic) bond motifs is 3. The summed E-state index contributed by atoms with van der Waals surface area (Å²) in [4.78, 5) is 71.4. The summed E-state index contributed by atoms with van der Waals surface area (Å²) < 4.78 is 23.3. The highest BCUT2D eigenvalue weighted by Gasteiger charge is 2.53. The molecule has 1 saturated carbocycles. The molecule has 2 saturated heterocycles. The number of rotatable bonds is 5. The van der Waals surface area contributed by atoms with E-state index in [0.29, 0.717) is 68.9 Å². The highest BCUT2D eigenvalue weighted by Crippen LogP contribution is 2.37. The van der Waals surface area contributed by atoms with E-state index in [0.717, 1.165) is 4.90 Å². The summed E-state index contributed by atoms with van der Waals surface area (Å²) in [7, 11) is 2.93. The van der Waals surface area contributed by atoms with Crippen molar-refractivity contribution in [3.05, 3.63) is 47.6 Å². The van der Waals surface area contributed by atoms with Crippen molar-refractivity contribution in [3.8, 4) is 0 Å². The quantitative estimate of drug-likeness (QED) is 0.153. The van der Waals surface area contributed by atoms with E-state index >= 15 is 0 Å². The van der Waals surface area contributed by atoms with Crippen molar-refractivity contribution in [2.75, 3.05) is 20.8 Å². The van der Waals surface area contributed by atoms with Gasteiger partial charge in [0, 0.05) is 51.4 Å². The number of nitrogens with zero attached hydrogens (tertiary/aromatic N) is 1. The second-order valence-corrected chi connectivity index (χ2v) is 19.4. The number of piperidine rings is 1. The van der Waals surface area contributed by atoms with Crippen LogP contribution >= 0.6 is 0 Å². The maximum absolute atomic E-state index is 14.3. The van der Waals surface area contributed by atoms with Crippen molar-refractivity contribution in [1.82, 2.24) is 4.90 Å². The van der Waals surface area contributed by atoms with E-state index in [-0.39, 0.29) is 61.2 Å². The molecule has 1 amide bonds. The molecule has 15 atom stereocenters. The first-order chi connectivity index (χ1) is 30.2. The van der Waals surface area contributed by atoms with Crippen LogP contribution in [0.5, 0.6) is 0 Å². The fourth-order valence-corrected chi connectivity index (χ4v) is 9.85. The van der Waals surface area contributed by atoms with Crippen molar-refractivity contribution in [3.63, 3.8) is 0 Å². The van der Waals surface area contributed by atoms with Gasteiger partial charge >= 0.3 is 5.97 Å². The Morgan fingerprint density at radius 1 is 0.859 bits per heavy atom. The molecule has 3 aliphatic heterocycles. The van der Waals surface area contributed by atoms with E-state index in [9.17, 15) is 44.4 Å². The fourth-order valence-electron chi connectivity index (χ4n) is 9.85. The van der Waals surface area contributed by atoms with Gasteiger partial charge in [0.15, 0.2) is 5.78 Å². The molecule has 0 aromatic heterocycles. The maximum atomic E-state index is 14.3. The van der Waals surface area contributed by atoms with Gasteiger partial charge in [0.2, 0.25) is 5.79 Å². The number of carbonyl (C=O) groups is 5. The Hall–Kier alpha value is -3.37. The minimum Gasteiger partial charge on any atom is -0.460 e. The molecule has 64 heavy (non-hydrogen) atoms. The molecular formula is C50H77NO13. The van der Waals surface area contributed by atoms with E-state index in [1.54, 1.807) is 60.0 Å². The lowest BCUT2D eigenvalue weighted by Crippen LogP contribution is -2.61. The van der Waals surface area contributed by atoms with Crippen molar-refractivity contribution in [1.29, 1.82) is 0 Å². The number of aliphatic hydroxyl groups excluding tert-OH is 3. The van der Waals surface area contributed by atoms with Crippen molar-refractivity contribution in [2.24, 2.45) is 35.5 Å². The molecule has 0 unspecified atom stereocenters. The van der Waals surface area contributed by atoms with Gasteiger partial charge in [-0.25, -0.2) is 4.79 Å². The molecule has 14 nitrogen and oxygen atoms in total. The van der Waals surface area contributed by atoms with Gasteiger partial charge in [-0.15, -0.1) is 0 Å². The number of amides is 1. The van der Waals surface area contributed by atoms with Crippen molar-refractivity contribution in [2.45, 2.75) is 180 Å². The fraction of sp³-hybridized carbons (Fsp3) is 0.740. The molecule has 3 heterocycles. The van der Waals surface area contributed by atoms with Gasteiger partial charge in [0.1, 0.15) is 30.1 Å². The summed E-state index contributed by atoms with van der Waals surface area (Å²) in [6.45, 7) is 12.5. The topological polar surface area (TPSA) is 206 Å². The molecule has 360 valence electrons. The number of hydrogen-bond acceptors (Lipinski definition) is 13. The van der Waals surface area contributed by atoms with Crippen LogP contribution in [0.4, 0.5) is 0 Å². The first kappa shape index (κ1) is 53.2. The number of hydrogen-bond donors (Lipinski definition) is 4. The number of methoxy groups -OCH3 is 2. The minimum absolute atomic E-state index is 0.00489. The molecule has 3 fully saturated rings. The smallest absolute Gasteiger partial charge is 0.329 e. The lowest BCUT2D eigenvalue weighted by Gasteiger charge is -2.42. The molecule has 2 bridgehead atoms. The molecular weight excluding hydrogens is 823 g/mol. The average Bonchev–Trinajstić information content (AvgIpc) is 3.26. The second-order valence-electron chi connectivity index (χ2n) is 19.4. The summed E-state index contributed by atoms with van der Waals surface area (Å²) in [5.41, 5.74) is 1.000. The van der Waals surface area contributed by atoms with E-state index in [1.807, 2.05) is 32.1 Å². The number of ketones is 3. The molecule has 4 aliphatic rings. The number of Topliss-reactive ketones (excluding diaryl/α,β-unsaturated/α-hetero) is 3. The number of ether oxygens (including phenoxy) is 4. The lowest BCUT2D eigenvalue weighted by molar-refractivity contribution is -0.265. The van der Waals surface area contributed by atoms with Crippen LogP contribution in [-0.4, -0.2) is 130 Å². The Labute approximate surface area is 380 Å². The summed E-state index contributed by atoms with van der Waals surface area (Å²) in [5.74, 6) is -8.24. The SMILES string of the molecule is CO[C@@H]1C[C@H](C[C@@H](C)[C@@H]2CC(=O)[C@H](C)/C=C(\C)[C@@H](O)[C@@H](OC)C(=O)[C@H](C)C[C@H](C)/C=C/C=C/C=C(\C)[C@@H](O)C[C@@H]3CC[C@@H](C)[C@@](O)(O3)C(=O)C(=O)N3CCCC[C@H]3C(=O)O2)CC[C@H]1O. The van der Waals surface area contributed by atoms with Crippen LogP contribution in [0.15, 0.2) is 47.6 Å². The minimum atomic E-state index is -2.48. The molecule has 0 spiro atoms. The maximum Gasteiger partial charge on any atom is 0.329 e. The Bertz CT molecular complexity index is 1740. The van der Waals surface area contributed by atoms with Crippen molar-refractivity contribution >= 4 is 29.2 Å². The number of aliphatic hydroxyl groups is 4. The number of esters is 1. The van der Waals surface area contributed by atoms with E-state index < -0.39 is 83.9 Å². The molecule has 0 radical (unpaired) electrons. The van der Waals surface area contributed by atoms with Gasteiger partial charge in [-0.3, -0.25) is 19.2 Å². The zero-order valence-corrected chi connectivity index (χ0v) is 39.6. The third-order valence-corrected chi connectivity index (χ3v) is 14.2. The van der Waals surface area contributed by atoms with Gasteiger partial charge < -0.3 is 44.3 Å². The standard InChI is InChI=1S/C50H77NO13/c1-29-15-11-10-12-16-30(2)40(53)27-37-20-18-35(7)50(60,64-37)47(57)48(58)51-22-14-13-17-38(51)49(59)63-42(32(4)25-36-19-21-39(52)43(26-36)61-8)28-41(54)31(3)24-34(6)45(56)46(62-9)44(55)33(5)23-29/h10-12,15-16,24,29,31-33,35-40,42-43,45-46,52-53,56,60H,13-14,17-23,25-28H2,1-9H3/b12-10+,15-11+,30-16+,34-24+/t29-,31-,32-,33-,35-,36+,37+,38+,39-,40+,42+,43-,45-,46+,50-/m1/s1. The Morgan fingerprint density at radius 2 is 1.58 bits per heavy atom. The predicted molar refractivity (Wildman–Crippen MR) is 240 cm³/mol. The molecule has 0 aromatic rings. The van der Waals surface area contributed by atoms with Crippen LogP contribution in [0.25, 0.3) is 0 Å². The molecule has 1 aliphatic carbocycles. The van der Waals surface area contributed by atoms with E-state index in [4.69, 9.17) is 18.9 Å². The van der Waals surface area contributed by atoms with E-state index in [2.05, 4.69) is 0 Å². The summed E-state index contributed by atoms with van der Waals surface area (Å²) in [5, 5.41) is 44.8. The average molecular weight is 900 g/mol. The number of cyclic esters (lactones) is 1. The third kappa shape index (κ3) is 13.8. The molecule has 0 aromatic carbocycles. The highest BCUT2D eigenvalue weighted by atomic mass is 16.6. The van der Waals surface area contributed by atoms with Gasteiger partial charge in [-0.05, 0) is 107 Å². The lowest BCUT2D eigenvalue weighted by atomic mass is 9.78. The van der Waals surface area contributed by atoms with Crippen LogP contribution in [0.3, 0.4) is 0 Å². The zero-order chi connectivity index (χ0) is 47.5. The summed E-state index contributed by atoms with van der Waals surface area (Å²) in [6, 6.07) is -1.16. The Morgan fingerprint density at radius 3 is 2.27 bits per heavy atom. The van der Waals surface area contributed by atoms with Gasteiger partial charge in [0.25, 0.3) is 11.7 Å². The van der Waals surface area contributed by atoms with Crippen LogP contribution < -0.4 is 0 Å². The first-order valence-corrected chi connectivity index (χ1v) is 23.5. The van der Waals surface area contributed by atoms with Crippen LogP contribution in [0.2, 0.25) is 0 Å². The second kappa shape index (κ2) is 24.4. The van der Waals surface area contributed by atoms with Gasteiger partial charge in [-0.2, -0.15) is 0 Å². The Kier molecular flexibility index (Phi) is 20.3. The third-order valence-electron chi connectivity index (χ3n) is 14.2. The number of allylic oxidation sites excluding steroid dienone is 6. The zero-order valence-electron chi connectivity index (χ0n) is 39.6. The highest BCUT2D eigenvalue weighted by molar-refractivity contribution is 6.39. The largest absolute Gasteiger partial charge is 0.460 e. The Balaban J connectivity index is 1.69. The molecule has 4 rings (SSSR count). The summed E-state index contributed by atoms with van der Waals surface area (Å²) in [6.07, 6.45) is 9.53. The van der Waals surface area contributed by atoms with Crippen LogP contribution in [0, 0.1) is 35.5 Å². The molecule has 14 heteroatoms. The van der Waals surface area contributed by atoms with Crippen LogP contribution in [-0.2, 0) is 42.9 Å². The monoisotopic (exact) mass is 900 g/mol. The first-order valence-electron chi connectivity index (χ1n) is 23.5. The van der Waals surface area contributed by atoms with E-state index in [1.165, 1.54) is 7.11 Å². The van der Waals surface area contributed by atoms with Gasteiger partial charge in [0.05, 0.1) is 24.4 Å². The van der Waals surface area contributed by atoms with Crippen LogP contribution in [0.1, 0.15) is 126 Å². The normalized spacial score (nSPS) is 40.9. The summed E-state index contributed by atoms with van der Waals surface area (Å²) >= 11 is 0. The van der Waals surface area contributed by atoms with Crippen molar-refractivity contribution < 1.29 is 63.3 Å². The molecule has 4 N–H and O–H groups in total. The predicted octanol–water partition coefficient (Wildman–Crippen LogP) is 5.53. The van der Waals surface area contributed by atoms with Gasteiger partial charge in [-0.1, -0.05) is 71.1 Å².